The number of para-hydroxylation sites is 1. The molecule has 1 aliphatic heterocycles. The minimum atomic E-state index is -4.29. The lowest BCUT2D eigenvalue weighted by molar-refractivity contribution is -0.194. The van der Waals surface area contributed by atoms with Crippen molar-refractivity contribution < 1.29 is 22.4 Å². The molecule has 2 atom stereocenters. The number of benzene rings is 1. The summed E-state index contributed by atoms with van der Waals surface area (Å²) in [6.45, 7) is -0.0699. The van der Waals surface area contributed by atoms with Crippen molar-refractivity contribution in [1.29, 1.82) is 0 Å². The van der Waals surface area contributed by atoms with Gasteiger partial charge in [-0.25, -0.2) is 0 Å². The molecule has 0 aromatic heterocycles. The number of anilines is 1. The summed E-state index contributed by atoms with van der Waals surface area (Å²) in [5.74, 6) is -0.684. The molecule has 2 aliphatic rings. The first-order valence-electron chi connectivity index (χ1n) is 7.81. The molecule has 1 aromatic carbocycles. The molecule has 1 spiro atoms. The summed E-state index contributed by atoms with van der Waals surface area (Å²) < 4.78 is 45.3. The molecule has 23 heavy (non-hydrogen) atoms. The number of hydrogen-bond acceptors (Lipinski definition) is 5. The van der Waals surface area contributed by atoms with Crippen LogP contribution < -0.4 is 10.5 Å². The first-order chi connectivity index (χ1) is 10.9. The summed E-state index contributed by atoms with van der Waals surface area (Å²) in [4.78, 5) is 0. The Morgan fingerprint density at radius 1 is 1.22 bits per heavy atom. The molecule has 0 amide bonds. The lowest BCUT2D eigenvalue weighted by Gasteiger charge is -2.32. The second kappa shape index (κ2) is 6.37. The minimum absolute atomic E-state index is 0.0699. The smallest absolute Gasteiger partial charge is 0.333 e. The van der Waals surface area contributed by atoms with E-state index >= 15 is 0 Å². The van der Waals surface area contributed by atoms with Gasteiger partial charge >= 0.3 is 10.3 Å². The average molecular weight is 342 g/mol. The molecule has 1 saturated carbocycles. The van der Waals surface area contributed by atoms with E-state index in [0.29, 0.717) is 5.69 Å². The number of ether oxygens (including phenoxy) is 2. The first-order valence-corrected chi connectivity index (χ1v) is 9.25. The zero-order valence-corrected chi connectivity index (χ0v) is 13.6. The third-order valence-electron chi connectivity index (χ3n) is 4.43. The van der Waals surface area contributed by atoms with Crippen molar-refractivity contribution in [3.05, 3.63) is 29.8 Å². The van der Waals surface area contributed by atoms with Gasteiger partial charge in [0.25, 0.3) is 0 Å². The van der Waals surface area contributed by atoms with Gasteiger partial charge < -0.3 is 15.2 Å². The van der Waals surface area contributed by atoms with Gasteiger partial charge in [-0.3, -0.25) is 4.55 Å². The van der Waals surface area contributed by atoms with E-state index in [1.165, 1.54) is 0 Å². The first kappa shape index (κ1) is 16.7. The number of hydrogen-bond donors (Lipinski definition) is 3. The van der Waals surface area contributed by atoms with E-state index in [1.54, 1.807) is 6.07 Å². The fourth-order valence-electron chi connectivity index (χ4n) is 3.37. The van der Waals surface area contributed by atoms with Crippen LogP contribution in [0.25, 0.3) is 0 Å². The van der Waals surface area contributed by atoms with Gasteiger partial charge in [0.2, 0.25) is 0 Å². The highest BCUT2D eigenvalue weighted by molar-refractivity contribution is 7.83. The molecule has 2 unspecified atom stereocenters. The zero-order valence-electron chi connectivity index (χ0n) is 12.8. The summed E-state index contributed by atoms with van der Waals surface area (Å²) in [5, 5.41) is 0. The molecule has 1 saturated heterocycles. The van der Waals surface area contributed by atoms with Crippen LogP contribution in [0.3, 0.4) is 0 Å². The monoisotopic (exact) mass is 342 g/mol. The molecular weight excluding hydrogens is 320 g/mol. The van der Waals surface area contributed by atoms with E-state index in [4.69, 9.17) is 19.8 Å². The maximum Gasteiger partial charge on any atom is 0.333 e. The van der Waals surface area contributed by atoms with Crippen molar-refractivity contribution in [3.63, 3.8) is 0 Å². The third kappa shape index (κ3) is 3.84. The summed E-state index contributed by atoms with van der Waals surface area (Å²) in [6, 6.07) is 7.31. The van der Waals surface area contributed by atoms with Crippen LogP contribution >= 0.6 is 0 Å². The van der Waals surface area contributed by atoms with Gasteiger partial charge in [0.15, 0.2) is 5.79 Å². The van der Waals surface area contributed by atoms with Gasteiger partial charge in [0.05, 0.1) is 0 Å². The summed E-state index contributed by atoms with van der Waals surface area (Å²) in [7, 11) is -4.29. The topological polar surface area (TPSA) is 111 Å². The van der Waals surface area contributed by atoms with Gasteiger partial charge in [0.1, 0.15) is 12.2 Å². The fourth-order valence-corrected chi connectivity index (χ4v) is 3.74. The average Bonchev–Trinajstić information content (AvgIpc) is 2.84. The van der Waals surface area contributed by atoms with Crippen molar-refractivity contribution in [2.24, 2.45) is 0 Å². The standard InChI is InChI=1S/C15H22N2O5S/c16-12-7-3-2-6-11(12)14-13(10-17-23(18,19)20)21-15(22-14)8-4-1-5-9-15/h2-3,6-7,13-14,17H,1,4-5,8-10,16H2,(H,18,19,20). The van der Waals surface area contributed by atoms with Crippen molar-refractivity contribution in [3.8, 4) is 0 Å². The van der Waals surface area contributed by atoms with Crippen LogP contribution in [0.15, 0.2) is 24.3 Å². The largest absolute Gasteiger partial charge is 0.398 e. The Morgan fingerprint density at radius 3 is 2.57 bits per heavy atom. The van der Waals surface area contributed by atoms with Crippen LogP contribution in [0.5, 0.6) is 0 Å². The molecule has 1 aliphatic carbocycles. The van der Waals surface area contributed by atoms with Crippen LogP contribution in [-0.2, 0) is 19.8 Å². The molecule has 0 radical (unpaired) electrons. The molecule has 0 bridgehead atoms. The molecule has 3 rings (SSSR count). The Hall–Kier alpha value is -1.19. The molecular formula is C15H22N2O5S. The van der Waals surface area contributed by atoms with Crippen molar-refractivity contribution in [1.82, 2.24) is 4.72 Å². The van der Waals surface area contributed by atoms with Gasteiger partial charge in [0, 0.05) is 30.6 Å². The number of nitrogen functional groups attached to an aromatic ring is 1. The Balaban J connectivity index is 1.85. The van der Waals surface area contributed by atoms with Crippen molar-refractivity contribution in [2.45, 2.75) is 50.1 Å². The molecule has 8 heteroatoms. The maximum absolute atomic E-state index is 11.0. The van der Waals surface area contributed by atoms with E-state index in [0.717, 1.165) is 37.7 Å². The molecule has 2 fully saturated rings. The number of rotatable bonds is 4. The second-order valence-corrected chi connectivity index (χ2v) is 7.36. The van der Waals surface area contributed by atoms with Gasteiger partial charge in [-0.15, -0.1) is 0 Å². The molecule has 1 heterocycles. The number of nitrogens with two attached hydrogens (primary N) is 1. The molecule has 128 valence electrons. The number of nitrogens with one attached hydrogen (secondary N) is 1. The zero-order chi connectivity index (χ0) is 16.5. The Kier molecular flexibility index (Phi) is 4.61. The second-order valence-electron chi connectivity index (χ2n) is 6.12. The summed E-state index contributed by atoms with van der Waals surface area (Å²) in [6.07, 6.45) is 3.70. The van der Waals surface area contributed by atoms with E-state index in [2.05, 4.69) is 4.72 Å². The van der Waals surface area contributed by atoms with Gasteiger partial charge in [-0.05, 0) is 18.9 Å². The van der Waals surface area contributed by atoms with Gasteiger partial charge in [-0.1, -0.05) is 24.6 Å². The quantitative estimate of drug-likeness (QED) is 0.568. The molecule has 4 N–H and O–H groups in total. The lowest BCUT2D eigenvalue weighted by Crippen LogP contribution is -2.37. The highest BCUT2D eigenvalue weighted by atomic mass is 32.2. The molecule has 7 nitrogen and oxygen atoms in total. The van der Waals surface area contributed by atoms with Crippen LogP contribution in [0.1, 0.15) is 43.8 Å². The minimum Gasteiger partial charge on any atom is -0.398 e. The van der Waals surface area contributed by atoms with Crippen molar-refractivity contribution in [2.75, 3.05) is 12.3 Å². The predicted molar refractivity (Wildman–Crippen MR) is 84.9 cm³/mol. The Morgan fingerprint density at radius 2 is 1.91 bits per heavy atom. The van der Waals surface area contributed by atoms with Crippen LogP contribution in [0, 0.1) is 0 Å². The normalized spacial score (nSPS) is 27.3. The molecule has 1 aromatic rings. The van der Waals surface area contributed by atoms with Crippen LogP contribution in [0.4, 0.5) is 5.69 Å². The van der Waals surface area contributed by atoms with E-state index in [1.807, 2.05) is 18.2 Å². The Bertz CT molecular complexity index is 658. The van der Waals surface area contributed by atoms with Crippen LogP contribution in [0.2, 0.25) is 0 Å². The van der Waals surface area contributed by atoms with E-state index in [9.17, 15) is 8.42 Å². The van der Waals surface area contributed by atoms with E-state index < -0.39 is 28.3 Å². The maximum atomic E-state index is 11.0. The highest BCUT2D eigenvalue weighted by Crippen LogP contribution is 2.46. The summed E-state index contributed by atoms with van der Waals surface area (Å²) >= 11 is 0. The van der Waals surface area contributed by atoms with E-state index in [-0.39, 0.29) is 6.54 Å². The summed E-state index contributed by atoms with van der Waals surface area (Å²) in [5.41, 5.74) is 7.39. The lowest BCUT2D eigenvalue weighted by atomic mass is 9.94. The predicted octanol–water partition coefficient (Wildman–Crippen LogP) is 1.78. The third-order valence-corrected chi connectivity index (χ3v) is 4.96. The van der Waals surface area contributed by atoms with Crippen molar-refractivity contribution >= 4 is 16.0 Å². The fraction of sp³-hybridized carbons (Fsp3) is 0.600. The van der Waals surface area contributed by atoms with Crippen LogP contribution in [-0.4, -0.2) is 31.4 Å². The Labute approximate surface area is 136 Å². The SMILES string of the molecule is Nc1ccccc1C1OC2(CCCCC2)OC1CNS(=O)(=O)O. The van der Waals surface area contributed by atoms with Gasteiger partial charge in [-0.2, -0.15) is 13.1 Å². The highest BCUT2D eigenvalue weighted by Gasteiger charge is 2.48.